The van der Waals surface area contributed by atoms with Gasteiger partial charge in [0.25, 0.3) is 0 Å². The number of fused-ring (bicyclic) bond motifs is 1. The average molecular weight is 268 g/mol. The fourth-order valence-corrected chi connectivity index (χ4v) is 2.28. The maximum absolute atomic E-state index is 11.4. The Labute approximate surface area is 106 Å². The number of aryl methyl sites for hydroxylation is 1. The lowest BCUT2D eigenvalue weighted by Gasteiger charge is -1.99. The van der Waals surface area contributed by atoms with Gasteiger partial charge in [-0.2, -0.15) is 0 Å². The van der Waals surface area contributed by atoms with Gasteiger partial charge in [0.05, 0.1) is 4.90 Å². The van der Waals surface area contributed by atoms with Crippen LogP contribution < -0.4 is 5.73 Å². The molecule has 0 aliphatic rings. The van der Waals surface area contributed by atoms with Crippen molar-refractivity contribution in [2.75, 3.05) is 6.26 Å². The zero-order valence-electron chi connectivity index (χ0n) is 10.4. The molecule has 2 rings (SSSR count). The lowest BCUT2D eigenvalue weighted by Crippen LogP contribution is -2.15. The highest BCUT2D eigenvalue weighted by Crippen LogP contribution is 2.20. The number of hydrogen-bond acceptors (Lipinski definition) is 5. The molecule has 2 aromatic rings. The van der Waals surface area contributed by atoms with Crippen LogP contribution in [0.1, 0.15) is 19.2 Å². The van der Waals surface area contributed by atoms with E-state index in [0.717, 1.165) is 6.42 Å². The molecule has 5 nitrogen and oxygen atoms in total. The number of rotatable bonds is 4. The van der Waals surface area contributed by atoms with Gasteiger partial charge in [0.15, 0.2) is 21.3 Å². The summed E-state index contributed by atoms with van der Waals surface area (Å²) in [5, 5.41) is 0. The van der Waals surface area contributed by atoms with Crippen molar-refractivity contribution in [3.63, 3.8) is 0 Å². The van der Waals surface area contributed by atoms with Crippen molar-refractivity contribution in [1.82, 2.24) is 4.98 Å². The maximum atomic E-state index is 11.4. The number of aromatic nitrogens is 1. The van der Waals surface area contributed by atoms with Crippen LogP contribution in [-0.4, -0.2) is 25.7 Å². The zero-order chi connectivity index (χ0) is 13.3. The predicted octanol–water partition coefficient (Wildman–Crippen LogP) is 1.51. The van der Waals surface area contributed by atoms with Crippen LogP contribution >= 0.6 is 0 Å². The smallest absolute Gasteiger partial charge is 0.195 e. The number of hydrogen-bond donors (Lipinski definition) is 1. The molecular weight excluding hydrogens is 252 g/mol. The second-order valence-corrected chi connectivity index (χ2v) is 6.54. The summed E-state index contributed by atoms with van der Waals surface area (Å²) < 4.78 is 28.4. The molecule has 0 bridgehead atoms. The van der Waals surface area contributed by atoms with Crippen LogP contribution in [-0.2, 0) is 16.3 Å². The highest BCUT2D eigenvalue weighted by Gasteiger charge is 2.11. The van der Waals surface area contributed by atoms with E-state index in [4.69, 9.17) is 10.2 Å². The minimum atomic E-state index is -3.21. The first-order valence-corrected chi connectivity index (χ1v) is 7.60. The predicted molar refractivity (Wildman–Crippen MR) is 69.1 cm³/mol. The van der Waals surface area contributed by atoms with Gasteiger partial charge in [0.2, 0.25) is 0 Å². The zero-order valence-corrected chi connectivity index (χ0v) is 11.2. The third-order valence-corrected chi connectivity index (χ3v) is 3.76. The molecule has 98 valence electrons. The highest BCUT2D eigenvalue weighted by atomic mass is 32.2. The Morgan fingerprint density at radius 2 is 2.17 bits per heavy atom. The van der Waals surface area contributed by atoms with E-state index in [1.807, 2.05) is 6.92 Å². The number of oxazole rings is 1. The van der Waals surface area contributed by atoms with Crippen molar-refractivity contribution in [1.29, 1.82) is 0 Å². The second-order valence-electron chi connectivity index (χ2n) is 4.53. The Morgan fingerprint density at radius 1 is 1.44 bits per heavy atom. The van der Waals surface area contributed by atoms with Gasteiger partial charge in [-0.25, -0.2) is 13.4 Å². The van der Waals surface area contributed by atoms with Crippen LogP contribution in [0.2, 0.25) is 0 Å². The van der Waals surface area contributed by atoms with Gasteiger partial charge in [0, 0.05) is 18.7 Å². The molecule has 1 heterocycles. The normalized spacial score (nSPS) is 13.9. The van der Waals surface area contributed by atoms with Crippen molar-refractivity contribution in [3.8, 4) is 0 Å². The van der Waals surface area contributed by atoms with Crippen molar-refractivity contribution in [2.24, 2.45) is 5.73 Å². The Bertz CT molecular complexity index is 659. The number of sulfone groups is 1. The number of nitrogens with zero attached hydrogens (tertiary/aromatic N) is 1. The molecule has 1 unspecified atom stereocenters. The van der Waals surface area contributed by atoms with Crippen molar-refractivity contribution < 1.29 is 12.8 Å². The molecule has 1 aromatic carbocycles. The lowest BCUT2D eigenvalue weighted by atomic mass is 10.2. The first-order chi connectivity index (χ1) is 8.36. The molecule has 0 saturated carbocycles. The van der Waals surface area contributed by atoms with Crippen LogP contribution in [0.5, 0.6) is 0 Å². The van der Waals surface area contributed by atoms with Gasteiger partial charge in [-0.1, -0.05) is 0 Å². The third kappa shape index (κ3) is 2.88. The topological polar surface area (TPSA) is 86.2 Å². The van der Waals surface area contributed by atoms with Gasteiger partial charge < -0.3 is 10.2 Å². The third-order valence-electron chi connectivity index (χ3n) is 2.65. The van der Waals surface area contributed by atoms with E-state index in [2.05, 4.69) is 4.98 Å². The number of benzene rings is 1. The molecule has 6 heteroatoms. The van der Waals surface area contributed by atoms with Gasteiger partial charge in [-0.3, -0.25) is 0 Å². The fourth-order valence-electron chi connectivity index (χ4n) is 1.64. The quantitative estimate of drug-likeness (QED) is 0.908. The molecule has 2 N–H and O–H groups in total. The molecule has 1 atom stereocenters. The van der Waals surface area contributed by atoms with Crippen molar-refractivity contribution in [2.45, 2.75) is 30.7 Å². The molecule has 0 amide bonds. The first kappa shape index (κ1) is 13.0. The van der Waals surface area contributed by atoms with E-state index in [1.165, 1.54) is 18.4 Å². The van der Waals surface area contributed by atoms with E-state index in [0.29, 0.717) is 23.4 Å². The minimum Gasteiger partial charge on any atom is -0.441 e. The van der Waals surface area contributed by atoms with Gasteiger partial charge >= 0.3 is 0 Å². The monoisotopic (exact) mass is 268 g/mol. The summed E-state index contributed by atoms with van der Waals surface area (Å²) in [6.07, 6.45) is 2.61. The lowest BCUT2D eigenvalue weighted by molar-refractivity contribution is 0.504. The summed E-state index contributed by atoms with van der Waals surface area (Å²) in [6, 6.07) is 4.78. The molecule has 0 saturated heterocycles. The molecule has 0 radical (unpaired) electrons. The Balaban J connectivity index is 2.34. The van der Waals surface area contributed by atoms with E-state index in [1.54, 1.807) is 6.07 Å². The van der Waals surface area contributed by atoms with Gasteiger partial charge in [0.1, 0.15) is 5.52 Å². The van der Waals surface area contributed by atoms with E-state index < -0.39 is 9.84 Å². The van der Waals surface area contributed by atoms with Crippen LogP contribution in [0, 0.1) is 0 Å². The summed E-state index contributed by atoms with van der Waals surface area (Å²) >= 11 is 0. The SMILES string of the molecule is CC(N)CCc1nc2cc(S(C)(=O)=O)ccc2o1. The summed E-state index contributed by atoms with van der Waals surface area (Å²) in [5.74, 6) is 0.591. The molecule has 0 fully saturated rings. The van der Waals surface area contributed by atoms with Crippen molar-refractivity contribution in [3.05, 3.63) is 24.1 Å². The highest BCUT2D eigenvalue weighted by molar-refractivity contribution is 7.90. The Kier molecular flexibility index (Phi) is 3.41. The molecule has 0 aliphatic heterocycles. The summed E-state index contributed by atoms with van der Waals surface area (Å²) in [4.78, 5) is 4.52. The molecule has 0 aliphatic carbocycles. The summed E-state index contributed by atoms with van der Waals surface area (Å²) in [6.45, 7) is 1.92. The van der Waals surface area contributed by atoms with Crippen LogP contribution in [0.3, 0.4) is 0 Å². The summed E-state index contributed by atoms with van der Waals surface area (Å²) in [5.41, 5.74) is 6.83. The van der Waals surface area contributed by atoms with E-state index in [9.17, 15) is 8.42 Å². The maximum Gasteiger partial charge on any atom is 0.195 e. The molecule has 1 aromatic heterocycles. The Hall–Kier alpha value is -1.40. The van der Waals surface area contributed by atoms with E-state index in [-0.39, 0.29) is 10.9 Å². The average Bonchev–Trinajstić information content (AvgIpc) is 2.66. The minimum absolute atomic E-state index is 0.0894. The standard InChI is InChI=1S/C12H16N2O3S/c1-8(13)3-6-12-14-10-7-9(18(2,15)16)4-5-11(10)17-12/h4-5,7-8H,3,6,13H2,1-2H3. The van der Waals surface area contributed by atoms with Crippen LogP contribution in [0.4, 0.5) is 0 Å². The largest absolute Gasteiger partial charge is 0.441 e. The van der Waals surface area contributed by atoms with Crippen molar-refractivity contribution >= 4 is 20.9 Å². The number of nitrogens with two attached hydrogens (primary N) is 1. The molecule has 18 heavy (non-hydrogen) atoms. The fraction of sp³-hybridized carbons (Fsp3) is 0.417. The van der Waals surface area contributed by atoms with E-state index >= 15 is 0 Å². The molecular formula is C12H16N2O3S. The van der Waals surface area contributed by atoms with Gasteiger partial charge in [-0.15, -0.1) is 0 Å². The first-order valence-electron chi connectivity index (χ1n) is 5.71. The molecule has 0 spiro atoms. The summed E-state index contributed by atoms with van der Waals surface area (Å²) in [7, 11) is -3.21. The van der Waals surface area contributed by atoms with Crippen LogP contribution in [0.15, 0.2) is 27.5 Å². The second kappa shape index (κ2) is 4.70. The van der Waals surface area contributed by atoms with Gasteiger partial charge in [-0.05, 0) is 31.5 Å². The Morgan fingerprint density at radius 3 is 2.78 bits per heavy atom. The van der Waals surface area contributed by atoms with Crippen LogP contribution in [0.25, 0.3) is 11.1 Å².